The first-order valence-electron chi connectivity index (χ1n) is 5.81. The largest absolute Gasteiger partial charge is 0.443 e. The number of amides is 2. The lowest BCUT2D eigenvalue weighted by molar-refractivity contribution is -0.137. The number of oxazole rings is 1. The van der Waals surface area contributed by atoms with Gasteiger partial charge in [0.15, 0.2) is 12.0 Å². The maximum Gasteiger partial charge on any atom is 0.309 e. The molecule has 0 aliphatic heterocycles. The number of hydrogen-bond donors (Lipinski definition) is 2. The van der Waals surface area contributed by atoms with Crippen molar-refractivity contribution < 1.29 is 14.0 Å². The Labute approximate surface area is 110 Å². The molecule has 0 aliphatic carbocycles. The van der Waals surface area contributed by atoms with Gasteiger partial charge in [-0.3, -0.25) is 9.59 Å². The Balaban J connectivity index is 2.18. The number of rotatable bonds is 3. The number of nitrogens with one attached hydrogen (secondary N) is 1. The summed E-state index contributed by atoms with van der Waals surface area (Å²) in [6.07, 6.45) is 1.39. The normalized spacial score (nSPS) is 11.5. The van der Waals surface area contributed by atoms with Gasteiger partial charge in [0.2, 0.25) is 0 Å². The van der Waals surface area contributed by atoms with Crippen LogP contribution in [0.5, 0.6) is 0 Å². The summed E-state index contributed by atoms with van der Waals surface area (Å²) in [5, 5.41) is 2.50. The third-order valence-electron chi connectivity index (χ3n) is 3.03. The summed E-state index contributed by atoms with van der Waals surface area (Å²) in [6.45, 7) is 4.20. The molecule has 2 rings (SSSR count). The van der Waals surface area contributed by atoms with Crippen molar-refractivity contribution in [1.29, 1.82) is 0 Å². The molecule has 6 nitrogen and oxygen atoms in total. The molecule has 6 heteroatoms. The lowest BCUT2D eigenvalue weighted by atomic mass is 9.84. The van der Waals surface area contributed by atoms with Crippen LogP contribution in [0.4, 0.5) is 0 Å². The van der Waals surface area contributed by atoms with Crippen molar-refractivity contribution in [3.05, 3.63) is 30.2 Å². The summed E-state index contributed by atoms with van der Waals surface area (Å²) in [6, 6.07) is 5.64. The van der Waals surface area contributed by atoms with Crippen LogP contribution in [0.15, 0.2) is 29.0 Å². The molecule has 1 heterocycles. The molecule has 19 heavy (non-hydrogen) atoms. The van der Waals surface area contributed by atoms with Crippen LogP contribution >= 0.6 is 0 Å². The van der Waals surface area contributed by atoms with Gasteiger partial charge in [0.05, 0.1) is 0 Å². The van der Waals surface area contributed by atoms with E-state index in [0.29, 0.717) is 12.1 Å². The average Bonchev–Trinajstić information content (AvgIpc) is 2.82. The Kier molecular flexibility index (Phi) is 3.25. The summed E-state index contributed by atoms with van der Waals surface area (Å²) >= 11 is 0. The van der Waals surface area contributed by atoms with Crippen molar-refractivity contribution in [1.82, 2.24) is 10.3 Å². The van der Waals surface area contributed by atoms with E-state index in [1.807, 2.05) is 32.0 Å². The second-order valence-corrected chi connectivity index (χ2v) is 4.97. The molecule has 0 atom stereocenters. The molecule has 0 spiro atoms. The molecule has 2 amide bonds. The van der Waals surface area contributed by atoms with E-state index in [1.54, 1.807) is 0 Å². The molecule has 0 unspecified atom stereocenters. The first-order valence-corrected chi connectivity index (χ1v) is 5.81. The summed E-state index contributed by atoms with van der Waals surface area (Å²) in [5.41, 5.74) is 6.97. The SMILES string of the molecule is CC(C)(CNC(=O)C(N)=O)c1ccc2ncoc2c1. The van der Waals surface area contributed by atoms with Crippen LogP contribution in [0.1, 0.15) is 19.4 Å². The fraction of sp³-hybridized carbons (Fsp3) is 0.308. The van der Waals surface area contributed by atoms with Gasteiger partial charge in [-0.05, 0) is 17.7 Å². The van der Waals surface area contributed by atoms with Gasteiger partial charge in [-0.2, -0.15) is 0 Å². The number of aromatic nitrogens is 1. The van der Waals surface area contributed by atoms with Crippen LogP contribution in [-0.2, 0) is 15.0 Å². The maximum atomic E-state index is 11.2. The summed E-state index contributed by atoms with van der Waals surface area (Å²) < 4.78 is 5.24. The molecule has 1 aromatic carbocycles. The molecular weight excluding hydrogens is 246 g/mol. The standard InChI is InChI=1S/C13H15N3O3/c1-13(2,6-15-12(18)11(14)17)8-3-4-9-10(5-8)19-7-16-9/h3-5,7H,6H2,1-2H3,(H2,14,17)(H,15,18). The monoisotopic (exact) mass is 261 g/mol. The van der Waals surface area contributed by atoms with Crippen LogP contribution in [0.2, 0.25) is 0 Å². The fourth-order valence-corrected chi connectivity index (χ4v) is 1.77. The topological polar surface area (TPSA) is 98.2 Å². The zero-order valence-corrected chi connectivity index (χ0v) is 10.8. The van der Waals surface area contributed by atoms with Gasteiger partial charge in [0.25, 0.3) is 0 Å². The van der Waals surface area contributed by atoms with Crippen LogP contribution in [0, 0.1) is 0 Å². The summed E-state index contributed by atoms with van der Waals surface area (Å²) in [5.74, 6) is -1.77. The summed E-state index contributed by atoms with van der Waals surface area (Å²) in [7, 11) is 0. The zero-order chi connectivity index (χ0) is 14.0. The number of carbonyl (C=O) groups excluding carboxylic acids is 2. The molecule has 0 aliphatic rings. The van der Waals surface area contributed by atoms with Crippen LogP contribution in [-0.4, -0.2) is 23.3 Å². The average molecular weight is 261 g/mol. The molecule has 0 fully saturated rings. The van der Waals surface area contributed by atoms with E-state index in [-0.39, 0.29) is 5.41 Å². The highest BCUT2D eigenvalue weighted by Gasteiger charge is 2.23. The zero-order valence-electron chi connectivity index (χ0n) is 10.8. The molecule has 0 radical (unpaired) electrons. The van der Waals surface area contributed by atoms with Crippen LogP contribution in [0.3, 0.4) is 0 Å². The van der Waals surface area contributed by atoms with E-state index in [9.17, 15) is 9.59 Å². The van der Waals surface area contributed by atoms with Gasteiger partial charge < -0.3 is 15.5 Å². The Morgan fingerprint density at radius 1 is 1.42 bits per heavy atom. The third-order valence-corrected chi connectivity index (χ3v) is 3.03. The Bertz CT molecular complexity index is 631. The van der Waals surface area contributed by atoms with Gasteiger partial charge >= 0.3 is 11.8 Å². The van der Waals surface area contributed by atoms with Crippen LogP contribution < -0.4 is 11.1 Å². The molecule has 2 aromatic rings. The van der Waals surface area contributed by atoms with Crippen molar-refractivity contribution in [3.63, 3.8) is 0 Å². The Morgan fingerprint density at radius 2 is 2.16 bits per heavy atom. The first-order chi connectivity index (χ1) is 8.90. The number of nitrogens with zero attached hydrogens (tertiary/aromatic N) is 1. The van der Waals surface area contributed by atoms with Gasteiger partial charge in [-0.15, -0.1) is 0 Å². The number of nitrogens with two attached hydrogens (primary N) is 1. The second kappa shape index (κ2) is 4.72. The number of primary amides is 1. The van der Waals surface area contributed by atoms with Crippen molar-refractivity contribution >= 4 is 22.9 Å². The maximum absolute atomic E-state index is 11.2. The molecule has 0 saturated heterocycles. The number of hydrogen-bond acceptors (Lipinski definition) is 4. The van der Waals surface area contributed by atoms with Crippen LogP contribution in [0.25, 0.3) is 11.1 Å². The summed E-state index contributed by atoms with van der Waals surface area (Å²) in [4.78, 5) is 25.9. The molecule has 3 N–H and O–H groups in total. The smallest absolute Gasteiger partial charge is 0.309 e. The van der Waals surface area contributed by atoms with E-state index < -0.39 is 11.8 Å². The second-order valence-electron chi connectivity index (χ2n) is 4.97. The quantitative estimate of drug-likeness (QED) is 0.795. The molecule has 0 saturated carbocycles. The van der Waals surface area contributed by atoms with Crippen molar-refractivity contribution in [2.45, 2.75) is 19.3 Å². The van der Waals surface area contributed by atoms with Crippen molar-refractivity contribution in [2.24, 2.45) is 5.73 Å². The minimum Gasteiger partial charge on any atom is -0.443 e. The number of benzene rings is 1. The van der Waals surface area contributed by atoms with E-state index in [1.165, 1.54) is 6.39 Å². The first kappa shape index (κ1) is 13.1. The molecular formula is C13H15N3O3. The van der Waals surface area contributed by atoms with Gasteiger partial charge in [-0.1, -0.05) is 19.9 Å². The van der Waals surface area contributed by atoms with E-state index in [4.69, 9.17) is 10.2 Å². The van der Waals surface area contributed by atoms with Crippen molar-refractivity contribution in [2.75, 3.05) is 6.54 Å². The minimum absolute atomic E-state index is 0.300. The molecule has 0 bridgehead atoms. The van der Waals surface area contributed by atoms with E-state index in [2.05, 4.69) is 10.3 Å². The predicted molar refractivity (Wildman–Crippen MR) is 69.2 cm³/mol. The minimum atomic E-state index is -0.985. The number of fused-ring (bicyclic) bond motifs is 1. The predicted octanol–water partition coefficient (Wildman–Crippen LogP) is 0.707. The van der Waals surface area contributed by atoms with Gasteiger partial charge in [0.1, 0.15) is 5.52 Å². The Hall–Kier alpha value is -2.37. The molecule has 1 aromatic heterocycles. The lowest BCUT2D eigenvalue weighted by Gasteiger charge is -2.25. The highest BCUT2D eigenvalue weighted by atomic mass is 16.3. The van der Waals surface area contributed by atoms with E-state index in [0.717, 1.165) is 11.1 Å². The Morgan fingerprint density at radius 3 is 2.84 bits per heavy atom. The van der Waals surface area contributed by atoms with Crippen molar-refractivity contribution in [3.8, 4) is 0 Å². The third kappa shape index (κ3) is 2.73. The van der Waals surface area contributed by atoms with Gasteiger partial charge in [-0.25, -0.2) is 4.98 Å². The number of carbonyl (C=O) groups is 2. The molecule has 100 valence electrons. The van der Waals surface area contributed by atoms with E-state index >= 15 is 0 Å². The van der Waals surface area contributed by atoms with Gasteiger partial charge in [0, 0.05) is 12.0 Å². The fourth-order valence-electron chi connectivity index (χ4n) is 1.77. The highest BCUT2D eigenvalue weighted by Crippen LogP contribution is 2.25. The lowest BCUT2D eigenvalue weighted by Crippen LogP contribution is -2.42. The highest BCUT2D eigenvalue weighted by molar-refractivity contribution is 6.34.